The predicted molar refractivity (Wildman–Crippen MR) is 78.1 cm³/mol. The second-order valence-corrected chi connectivity index (χ2v) is 6.10. The van der Waals surface area contributed by atoms with Gasteiger partial charge in [-0.3, -0.25) is 9.80 Å². The number of hydrogen-bond acceptors (Lipinski definition) is 6. The van der Waals surface area contributed by atoms with E-state index in [1.165, 1.54) is 25.3 Å². The Labute approximate surface area is 122 Å². The van der Waals surface area contributed by atoms with E-state index in [9.17, 15) is 13.2 Å². The van der Waals surface area contributed by atoms with Gasteiger partial charge in [-0.25, -0.2) is 13.6 Å². The first kappa shape index (κ1) is 15.2. The molecule has 0 fully saturated rings. The quantitative estimate of drug-likeness (QED) is 0.662. The smallest absolute Gasteiger partial charge is 0.307 e. The summed E-state index contributed by atoms with van der Waals surface area (Å²) in [5.74, 6) is -0.397. The maximum atomic E-state index is 11.2. The van der Waals surface area contributed by atoms with Crippen molar-refractivity contribution in [3.63, 3.8) is 0 Å². The Kier molecular flexibility index (Phi) is 4.10. The van der Waals surface area contributed by atoms with E-state index in [2.05, 4.69) is 5.10 Å². The van der Waals surface area contributed by atoms with Gasteiger partial charge in [-0.1, -0.05) is 0 Å². The van der Waals surface area contributed by atoms with Crippen molar-refractivity contribution >= 4 is 27.4 Å². The first-order chi connectivity index (χ1) is 9.77. The summed E-state index contributed by atoms with van der Waals surface area (Å²) in [6.45, 7) is 3.56. The Balaban J connectivity index is 2.18. The highest BCUT2D eigenvalue weighted by Gasteiger charge is 2.19. The number of ether oxygens (including phenoxy) is 1. The predicted octanol–water partition coefficient (Wildman–Crippen LogP) is 0.977. The Hall–Kier alpha value is -2.19. The van der Waals surface area contributed by atoms with Gasteiger partial charge in [0.25, 0.3) is 0 Å². The summed E-state index contributed by atoms with van der Waals surface area (Å²) >= 11 is 0. The van der Waals surface area contributed by atoms with Crippen LogP contribution in [0.4, 0.5) is 5.69 Å². The minimum Gasteiger partial charge on any atom is -0.434 e. The molecule has 1 aromatic rings. The highest BCUT2D eigenvalue weighted by atomic mass is 32.2. The lowest BCUT2D eigenvalue weighted by Crippen LogP contribution is -2.15. The van der Waals surface area contributed by atoms with Crippen LogP contribution in [0.5, 0.6) is 0 Å². The van der Waals surface area contributed by atoms with E-state index in [1.807, 2.05) is 0 Å². The number of hydrogen-bond donors (Lipinski definition) is 1. The molecule has 21 heavy (non-hydrogen) atoms. The number of carbonyl (C=O) groups is 1. The number of hydrazone groups is 1. The molecular weight excluding hydrogens is 294 g/mol. The molecule has 0 atom stereocenters. The van der Waals surface area contributed by atoms with Gasteiger partial charge in [-0.05, 0) is 31.2 Å². The van der Waals surface area contributed by atoms with Gasteiger partial charge in [-0.15, -0.1) is 0 Å². The molecular formula is C13H15N3O4S. The number of nitrogens with zero attached hydrogens (tertiary/aromatic N) is 2. The molecule has 0 saturated carbocycles. The van der Waals surface area contributed by atoms with Gasteiger partial charge >= 0.3 is 5.97 Å². The Bertz CT molecular complexity index is 720. The van der Waals surface area contributed by atoms with Crippen molar-refractivity contribution in [3.8, 4) is 0 Å². The molecule has 1 aromatic carbocycles. The van der Waals surface area contributed by atoms with Crippen molar-refractivity contribution in [2.75, 3.05) is 11.6 Å². The third kappa shape index (κ3) is 3.67. The molecule has 0 radical (unpaired) electrons. The van der Waals surface area contributed by atoms with Crippen LogP contribution in [0.1, 0.15) is 13.8 Å². The topological polar surface area (TPSA) is 102 Å². The lowest BCUT2D eigenvalue weighted by molar-refractivity contribution is -0.135. The Morgan fingerprint density at radius 2 is 2.00 bits per heavy atom. The van der Waals surface area contributed by atoms with Gasteiger partial charge in [0, 0.05) is 12.5 Å². The lowest BCUT2D eigenvalue weighted by atomic mass is 10.2. The molecule has 0 aromatic heterocycles. The van der Waals surface area contributed by atoms with E-state index in [4.69, 9.17) is 9.88 Å². The molecule has 0 amide bonds. The highest BCUT2D eigenvalue weighted by molar-refractivity contribution is 7.89. The monoisotopic (exact) mass is 309 g/mol. The molecule has 2 rings (SSSR count). The minimum atomic E-state index is -3.71. The van der Waals surface area contributed by atoms with Gasteiger partial charge in [0.1, 0.15) is 6.26 Å². The molecule has 8 heteroatoms. The SMILES string of the molecule is CC(=O)O/C=C1\CN(c2ccc(S(N)(=O)=O)cc2)N=C1C. The zero-order chi connectivity index (χ0) is 15.6. The molecule has 0 saturated heterocycles. The molecule has 0 aliphatic carbocycles. The van der Waals surface area contributed by atoms with Crippen LogP contribution in [-0.4, -0.2) is 26.6 Å². The summed E-state index contributed by atoms with van der Waals surface area (Å²) < 4.78 is 27.2. The van der Waals surface area contributed by atoms with Crippen LogP contribution in [0.15, 0.2) is 46.1 Å². The molecule has 112 valence electrons. The number of anilines is 1. The number of rotatable bonds is 3. The molecule has 0 unspecified atom stereocenters. The second kappa shape index (κ2) is 5.66. The molecule has 1 aliphatic rings. The van der Waals surface area contributed by atoms with E-state index < -0.39 is 16.0 Å². The van der Waals surface area contributed by atoms with Crippen molar-refractivity contribution in [3.05, 3.63) is 36.1 Å². The molecule has 7 nitrogen and oxygen atoms in total. The van der Waals surface area contributed by atoms with Crippen molar-refractivity contribution in [1.29, 1.82) is 0 Å². The summed E-state index contributed by atoms with van der Waals surface area (Å²) in [5.41, 5.74) is 2.22. The van der Waals surface area contributed by atoms with Gasteiger partial charge < -0.3 is 4.74 Å². The zero-order valence-electron chi connectivity index (χ0n) is 11.6. The van der Waals surface area contributed by atoms with Crippen LogP contribution < -0.4 is 10.1 Å². The first-order valence-corrected chi connectivity index (χ1v) is 7.64. The van der Waals surface area contributed by atoms with Crippen LogP contribution in [0.2, 0.25) is 0 Å². The summed E-state index contributed by atoms with van der Waals surface area (Å²) in [6, 6.07) is 6.07. The number of primary sulfonamides is 1. The van der Waals surface area contributed by atoms with E-state index in [1.54, 1.807) is 24.1 Å². The fourth-order valence-corrected chi connectivity index (χ4v) is 2.31. The fraction of sp³-hybridized carbons (Fsp3) is 0.231. The maximum absolute atomic E-state index is 11.2. The largest absolute Gasteiger partial charge is 0.434 e. The molecule has 2 N–H and O–H groups in total. The van der Waals surface area contributed by atoms with Gasteiger partial charge in [-0.2, -0.15) is 5.10 Å². The van der Waals surface area contributed by atoms with Gasteiger partial charge in [0.2, 0.25) is 10.0 Å². The van der Waals surface area contributed by atoms with E-state index >= 15 is 0 Å². The number of benzene rings is 1. The van der Waals surface area contributed by atoms with E-state index in [0.29, 0.717) is 12.2 Å². The lowest BCUT2D eigenvalue weighted by Gasteiger charge is -2.13. The van der Waals surface area contributed by atoms with Gasteiger partial charge in [0.05, 0.1) is 22.8 Å². The van der Waals surface area contributed by atoms with E-state index in [0.717, 1.165) is 11.3 Å². The molecule has 0 spiro atoms. The average Bonchev–Trinajstić information content (AvgIpc) is 2.77. The number of carbonyl (C=O) groups excluding carboxylic acids is 1. The van der Waals surface area contributed by atoms with Gasteiger partial charge in [0.15, 0.2) is 0 Å². The molecule has 0 bridgehead atoms. The standard InChI is InChI=1S/C13H15N3O4S/c1-9-11(8-20-10(2)17)7-16(15-9)12-3-5-13(6-4-12)21(14,18)19/h3-6,8H,7H2,1-2H3,(H2,14,18,19)/b11-8+. The number of nitrogens with two attached hydrogens (primary N) is 1. The summed E-state index contributed by atoms with van der Waals surface area (Å²) in [6.07, 6.45) is 1.37. The molecule has 1 heterocycles. The maximum Gasteiger partial charge on any atom is 0.307 e. The fourth-order valence-electron chi connectivity index (χ4n) is 1.79. The van der Waals surface area contributed by atoms with Crippen LogP contribution in [0.25, 0.3) is 0 Å². The zero-order valence-corrected chi connectivity index (χ0v) is 12.4. The van der Waals surface area contributed by atoms with Crippen molar-refractivity contribution < 1.29 is 17.9 Å². The molecule has 1 aliphatic heterocycles. The van der Waals surface area contributed by atoms with Crippen LogP contribution >= 0.6 is 0 Å². The van der Waals surface area contributed by atoms with Crippen LogP contribution in [0, 0.1) is 0 Å². The Morgan fingerprint density at radius 1 is 1.38 bits per heavy atom. The summed E-state index contributed by atoms with van der Waals surface area (Å²) in [7, 11) is -3.71. The number of esters is 1. The summed E-state index contributed by atoms with van der Waals surface area (Å²) in [5, 5.41) is 11.0. The highest BCUT2D eigenvalue weighted by Crippen LogP contribution is 2.23. The third-order valence-electron chi connectivity index (χ3n) is 2.89. The minimum absolute atomic E-state index is 0.0434. The van der Waals surface area contributed by atoms with Crippen molar-refractivity contribution in [1.82, 2.24) is 0 Å². The van der Waals surface area contributed by atoms with Crippen molar-refractivity contribution in [2.24, 2.45) is 10.2 Å². The van der Waals surface area contributed by atoms with Crippen LogP contribution in [0.3, 0.4) is 0 Å². The van der Waals surface area contributed by atoms with Crippen molar-refractivity contribution in [2.45, 2.75) is 18.7 Å². The number of sulfonamides is 1. The summed E-state index contributed by atoms with van der Waals surface area (Å²) in [4.78, 5) is 10.8. The first-order valence-electron chi connectivity index (χ1n) is 6.09. The average molecular weight is 309 g/mol. The normalized spacial score (nSPS) is 17.0. The van der Waals surface area contributed by atoms with E-state index in [-0.39, 0.29) is 4.90 Å². The third-order valence-corrected chi connectivity index (χ3v) is 3.82. The van der Waals surface area contributed by atoms with Crippen LogP contribution in [-0.2, 0) is 19.6 Å². The Morgan fingerprint density at radius 3 is 2.52 bits per heavy atom. The second-order valence-electron chi connectivity index (χ2n) is 4.53.